The molecule has 1 aromatic carbocycles. The Kier molecular flexibility index (Phi) is 2.92. The van der Waals surface area contributed by atoms with Gasteiger partial charge in [-0.3, -0.25) is 4.79 Å². The van der Waals surface area contributed by atoms with Crippen molar-refractivity contribution < 1.29 is 9.90 Å². The minimum Gasteiger partial charge on any atom is -0.481 e. The van der Waals surface area contributed by atoms with E-state index >= 15 is 0 Å². The van der Waals surface area contributed by atoms with E-state index in [2.05, 4.69) is 11.9 Å². The van der Waals surface area contributed by atoms with Crippen LogP contribution in [0.4, 0.5) is 0 Å². The smallest absolute Gasteiger partial charge is 0.310 e. The van der Waals surface area contributed by atoms with Gasteiger partial charge in [0.15, 0.2) is 0 Å². The molecule has 0 aliphatic heterocycles. The molecular weight excluding hydrogens is 222 g/mol. The van der Waals surface area contributed by atoms with Gasteiger partial charge in [-0.05, 0) is 31.0 Å². The Labute approximate surface area is 97.8 Å². The second-order valence-electron chi connectivity index (χ2n) is 3.75. The first-order valence-corrected chi connectivity index (χ1v) is 6.05. The van der Waals surface area contributed by atoms with E-state index in [1.807, 2.05) is 18.2 Å². The van der Waals surface area contributed by atoms with Crippen molar-refractivity contribution in [2.75, 3.05) is 0 Å². The molecule has 4 heteroatoms. The van der Waals surface area contributed by atoms with Crippen LogP contribution < -0.4 is 0 Å². The summed E-state index contributed by atoms with van der Waals surface area (Å²) in [5, 5.41) is 10.0. The lowest BCUT2D eigenvalue weighted by Gasteiger charge is -2.05. The van der Waals surface area contributed by atoms with E-state index in [1.165, 1.54) is 0 Å². The molecule has 1 atom stereocenters. The minimum absolute atomic E-state index is 0.476. The van der Waals surface area contributed by atoms with E-state index in [1.54, 1.807) is 18.3 Å². The van der Waals surface area contributed by atoms with Crippen LogP contribution in [0.25, 0.3) is 10.2 Å². The summed E-state index contributed by atoms with van der Waals surface area (Å²) in [5.74, 6) is -1.28. The number of hydrogen-bond acceptors (Lipinski definition) is 3. The topological polar surface area (TPSA) is 50.2 Å². The molecule has 0 aliphatic carbocycles. The fourth-order valence-electron chi connectivity index (χ4n) is 1.56. The van der Waals surface area contributed by atoms with Gasteiger partial charge in [0, 0.05) is 0 Å². The molecule has 0 spiro atoms. The third-order valence-electron chi connectivity index (χ3n) is 2.63. The highest BCUT2D eigenvalue weighted by molar-refractivity contribution is 7.18. The molecule has 84 valence electrons. The lowest BCUT2D eigenvalue weighted by atomic mass is 10.0. The summed E-state index contributed by atoms with van der Waals surface area (Å²) in [4.78, 5) is 15.3. The molecule has 2 rings (SSSR count). The van der Waals surface area contributed by atoms with Crippen LogP contribution in [-0.4, -0.2) is 16.1 Å². The van der Waals surface area contributed by atoms with Crippen molar-refractivity contribution in [1.29, 1.82) is 0 Å². The number of thiazole rings is 1. The molecular formula is C12H13NO2S. The van der Waals surface area contributed by atoms with E-state index in [0.717, 1.165) is 27.2 Å². The van der Waals surface area contributed by atoms with Gasteiger partial charge < -0.3 is 5.11 Å². The molecule has 1 unspecified atom stereocenters. The first-order chi connectivity index (χ1) is 7.61. The van der Waals surface area contributed by atoms with Gasteiger partial charge in [0.05, 0.1) is 21.1 Å². The van der Waals surface area contributed by atoms with Crippen molar-refractivity contribution in [3.8, 4) is 0 Å². The average Bonchev–Trinajstić information content (AvgIpc) is 2.69. The highest BCUT2D eigenvalue weighted by Crippen LogP contribution is 2.26. The monoisotopic (exact) mass is 235 g/mol. The quantitative estimate of drug-likeness (QED) is 0.889. The van der Waals surface area contributed by atoms with Gasteiger partial charge in [0.2, 0.25) is 0 Å². The van der Waals surface area contributed by atoms with Crippen molar-refractivity contribution in [3.05, 3.63) is 28.8 Å². The maximum Gasteiger partial charge on any atom is 0.310 e. The van der Waals surface area contributed by atoms with Crippen LogP contribution >= 0.6 is 11.3 Å². The average molecular weight is 235 g/mol. The highest BCUT2D eigenvalue weighted by atomic mass is 32.1. The molecule has 1 heterocycles. The number of carboxylic acid groups (broad SMARTS) is 1. The Balaban J connectivity index is 2.46. The molecule has 0 amide bonds. The minimum atomic E-state index is -0.801. The van der Waals surface area contributed by atoms with Crippen molar-refractivity contribution in [1.82, 2.24) is 4.98 Å². The lowest BCUT2D eigenvalue weighted by molar-refractivity contribution is -0.138. The van der Waals surface area contributed by atoms with Crippen LogP contribution in [0.1, 0.15) is 30.3 Å². The van der Waals surface area contributed by atoms with Crippen molar-refractivity contribution in [2.24, 2.45) is 0 Å². The van der Waals surface area contributed by atoms with Crippen LogP contribution in [0.3, 0.4) is 0 Å². The first-order valence-electron chi connectivity index (χ1n) is 5.24. The summed E-state index contributed by atoms with van der Waals surface area (Å²) in [6.45, 7) is 3.76. The Bertz CT molecular complexity index is 533. The SMILES string of the molecule is CCc1nc2cc(C(C)C(=O)O)ccc2s1. The number of nitrogens with zero attached hydrogens (tertiary/aromatic N) is 1. The zero-order chi connectivity index (χ0) is 11.7. The fourth-order valence-corrected chi connectivity index (χ4v) is 2.44. The number of benzene rings is 1. The first kappa shape index (κ1) is 11.1. The molecule has 0 radical (unpaired) electrons. The number of hydrogen-bond donors (Lipinski definition) is 1. The van der Waals surface area contributed by atoms with Gasteiger partial charge in [-0.25, -0.2) is 4.98 Å². The van der Waals surface area contributed by atoms with Crippen LogP contribution in [0.5, 0.6) is 0 Å². The maximum absolute atomic E-state index is 10.9. The molecule has 1 N–H and O–H groups in total. The Morgan fingerprint density at radius 2 is 2.31 bits per heavy atom. The number of carboxylic acids is 1. The Hall–Kier alpha value is -1.42. The van der Waals surface area contributed by atoms with Gasteiger partial charge in [-0.15, -0.1) is 11.3 Å². The Morgan fingerprint density at radius 1 is 1.56 bits per heavy atom. The van der Waals surface area contributed by atoms with Gasteiger partial charge in [0.1, 0.15) is 0 Å². The van der Waals surface area contributed by atoms with Gasteiger partial charge in [-0.1, -0.05) is 13.0 Å². The highest BCUT2D eigenvalue weighted by Gasteiger charge is 2.14. The number of fused-ring (bicyclic) bond motifs is 1. The molecule has 0 saturated carbocycles. The summed E-state index contributed by atoms with van der Waals surface area (Å²) < 4.78 is 1.12. The van der Waals surface area contributed by atoms with E-state index in [4.69, 9.17) is 5.11 Å². The number of carbonyl (C=O) groups is 1. The maximum atomic E-state index is 10.9. The van der Waals surface area contributed by atoms with Crippen molar-refractivity contribution in [3.63, 3.8) is 0 Å². The van der Waals surface area contributed by atoms with E-state index < -0.39 is 11.9 Å². The Morgan fingerprint density at radius 3 is 2.94 bits per heavy atom. The number of aromatic nitrogens is 1. The van der Waals surface area contributed by atoms with Gasteiger partial charge in [-0.2, -0.15) is 0 Å². The van der Waals surface area contributed by atoms with E-state index in [0.29, 0.717) is 0 Å². The molecule has 1 aromatic heterocycles. The second-order valence-corrected chi connectivity index (χ2v) is 4.86. The van der Waals surface area contributed by atoms with Gasteiger partial charge >= 0.3 is 5.97 Å². The number of aliphatic carboxylic acids is 1. The van der Waals surface area contributed by atoms with Crippen LogP contribution in [0.2, 0.25) is 0 Å². The lowest BCUT2D eigenvalue weighted by Crippen LogP contribution is -2.06. The standard InChI is InChI=1S/C12H13NO2S/c1-3-11-13-9-6-8(7(2)12(14)15)4-5-10(9)16-11/h4-7H,3H2,1-2H3,(H,14,15). The largest absolute Gasteiger partial charge is 0.481 e. The van der Waals surface area contributed by atoms with E-state index in [9.17, 15) is 4.79 Å². The molecule has 0 fully saturated rings. The fraction of sp³-hybridized carbons (Fsp3) is 0.333. The molecule has 2 aromatic rings. The summed E-state index contributed by atoms with van der Waals surface area (Å²) in [5.41, 5.74) is 1.72. The summed E-state index contributed by atoms with van der Waals surface area (Å²) in [6, 6.07) is 5.71. The normalized spacial score (nSPS) is 12.9. The number of aryl methyl sites for hydroxylation is 1. The predicted molar refractivity (Wildman–Crippen MR) is 65.0 cm³/mol. The molecule has 3 nitrogen and oxygen atoms in total. The molecule has 16 heavy (non-hydrogen) atoms. The van der Waals surface area contributed by atoms with Crippen molar-refractivity contribution in [2.45, 2.75) is 26.2 Å². The molecule has 0 bridgehead atoms. The summed E-state index contributed by atoms with van der Waals surface area (Å²) in [6.07, 6.45) is 0.920. The third-order valence-corrected chi connectivity index (χ3v) is 3.81. The molecule has 0 aliphatic rings. The van der Waals surface area contributed by atoms with E-state index in [-0.39, 0.29) is 0 Å². The predicted octanol–water partition coefficient (Wildman–Crippen LogP) is 3.05. The van der Waals surface area contributed by atoms with Gasteiger partial charge in [0.25, 0.3) is 0 Å². The second kappa shape index (κ2) is 4.22. The zero-order valence-corrected chi connectivity index (χ0v) is 10.0. The zero-order valence-electron chi connectivity index (χ0n) is 9.23. The molecule has 0 saturated heterocycles. The summed E-state index contributed by atoms with van der Waals surface area (Å²) >= 11 is 1.67. The van der Waals surface area contributed by atoms with Crippen LogP contribution in [-0.2, 0) is 11.2 Å². The summed E-state index contributed by atoms with van der Waals surface area (Å²) in [7, 11) is 0. The van der Waals surface area contributed by atoms with Crippen molar-refractivity contribution >= 4 is 27.5 Å². The van der Waals surface area contributed by atoms with Crippen LogP contribution in [0.15, 0.2) is 18.2 Å². The van der Waals surface area contributed by atoms with Crippen LogP contribution in [0, 0.1) is 0 Å². The number of rotatable bonds is 3. The third kappa shape index (κ3) is 1.93.